The summed E-state index contributed by atoms with van der Waals surface area (Å²) >= 11 is 0. The second-order valence-electron chi connectivity index (χ2n) is 4.55. The SMILES string of the molecule is Cc1cc(C#N)cc(N2CCCC2CC(=O)O)n1. The van der Waals surface area contributed by atoms with Gasteiger partial charge in [0.15, 0.2) is 0 Å². The van der Waals surface area contributed by atoms with Crippen LogP contribution in [0.15, 0.2) is 12.1 Å². The van der Waals surface area contributed by atoms with Crippen LogP contribution in [0.3, 0.4) is 0 Å². The molecule has 1 fully saturated rings. The van der Waals surface area contributed by atoms with Crippen molar-refractivity contribution in [2.45, 2.75) is 32.2 Å². The third-order valence-corrected chi connectivity index (χ3v) is 3.15. The molecule has 1 atom stereocenters. The minimum Gasteiger partial charge on any atom is -0.481 e. The lowest BCUT2D eigenvalue weighted by Crippen LogP contribution is -2.32. The Kier molecular flexibility index (Phi) is 3.47. The zero-order valence-electron chi connectivity index (χ0n) is 10.3. The van der Waals surface area contributed by atoms with E-state index in [4.69, 9.17) is 10.4 Å². The Bertz CT molecular complexity index is 507. The van der Waals surface area contributed by atoms with Crippen LogP contribution in [-0.2, 0) is 4.79 Å². The summed E-state index contributed by atoms with van der Waals surface area (Å²) < 4.78 is 0. The van der Waals surface area contributed by atoms with Crippen molar-refractivity contribution < 1.29 is 9.90 Å². The minimum absolute atomic E-state index is 0.0108. The van der Waals surface area contributed by atoms with Crippen LogP contribution in [0, 0.1) is 18.3 Å². The van der Waals surface area contributed by atoms with Crippen LogP contribution in [0.5, 0.6) is 0 Å². The number of aromatic nitrogens is 1. The van der Waals surface area contributed by atoms with Gasteiger partial charge in [0.2, 0.25) is 0 Å². The molecule has 0 radical (unpaired) electrons. The molecule has 0 aromatic carbocycles. The predicted molar refractivity (Wildman–Crippen MR) is 66.3 cm³/mol. The van der Waals surface area contributed by atoms with Crippen molar-refractivity contribution in [2.75, 3.05) is 11.4 Å². The van der Waals surface area contributed by atoms with E-state index in [2.05, 4.69) is 11.1 Å². The summed E-state index contributed by atoms with van der Waals surface area (Å²) in [6.45, 7) is 2.64. The topological polar surface area (TPSA) is 77.2 Å². The zero-order chi connectivity index (χ0) is 13.1. The lowest BCUT2D eigenvalue weighted by molar-refractivity contribution is -0.137. The molecule has 0 spiro atoms. The predicted octanol–water partition coefficient (Wildman–Crippen LogP) is 1.71. The number of aliphatic carboxylic acids is 1. The van der Waals surface area contributed by atoms with E-state index in [0.717, 1.165) is 30.9 Å². The number of rotatable bonds is 3. The van der Waals surface area contributed by atoms with Gasteiger partial charge in [0, 0.05) is 18.3 Å². The van der Waals surface area contributed by atoms with E-state index in [-0.39, 0.29) is 12.5 Å². The quantitative estimate of drug-likeness (QED) is 0.877. The molecule has 5 heteroatoms. The van der Waals surface area contributed by atoms with Crippen LogP contribution in [0.25, 0.3) is 0 Å². The number of pyridine rings is 1. The lowest BCUT2D eigenvalue weighted by Gasteiger charge is -2.24. The molecule has 18 heavy (non-hydrogen) atoms. The number of nitrogens with zero attached hydrogens (tertiary/aromatic N) is 3. The van der Waals surface area contributed by atoms with Gasteiger partial charge in [-0.15, -0.1) is 0 Å². The molecule has 1 N–H and O–H groups in total. The molecular weight excluding hydrogens is 230 g/mol. The van der Waals surface area contributed by atoms with Crippen molar-refractivity contribution in [3.8, 4) is 6.07 Å². The fourth-order valence-corrected chi connectivity index (χ4v) is 2.41. The standard InChI is InChI=1S/C13H15N3O2/c1-9-5-10(8-14)6-12(15-9)16-4-2-3-11(16)7-13(17)18/h5-6,11H,2-4,7H2,1H3,(H,17,18). The van der Waals surface area contributed by atoms with Gasteiger partial charge in [0.1, 0.15) is 5.82 Å². The van der Waals surface area contributed by atoms with Crippen molar-refractivity contribution in [1.82, 2.24) is 4.98 Å². The maximum atomic E-state index is 10.8. The first kappa shape index (κ1) is 12.4. The monoisotopic (exact) mass is 245 g/mol. The normalized spacial score (nSPS) is 18.7. The lowest BCUT2D eigenvalue weighted by atomic mass is 10.1. The fourth-order valence-electron chi connectivity index (χ4n) is 2.41. The summed E-state index contributed by atoms with van der Waals surface area (Å²) in [4.78, 5) is 17.2. The molecule has 1 aliphatic heterocycles. The molecule has 1 aliphatic rings. The number of carbonyl (C=O) groups is 1. The first-order chi connectivity index (χ1) is 8.60. The molecule has 1 aromatic heterocycles. The summed E-state index contributed by atoms with van der Waals surface area (Å²) in [6.07, 6.45) is 1.96. The Morgan fingerprint density at radius 3 is 3.11 bits per heavy atom. The number of nitriles is 1. The maximum Gasteiger partial charge on any atom is 0.305 e. The van der Waals surface area contributed by atoms with Gasteiger partial charge in [-0.3, -0.25) is 4.79 Å². The summed E-state index contributed by atoms with van der Waals surface area (Å²) in [5, 5.41) is 17.8. The first-order valence-corrected chi connectivity index (χ1v) is 5.97. The van der Waals surface area contributed by atoms with Crippen molar-refractivity contribution >= 4 is 11.8 Å². The second-order valence-corrected chi connectivity index (χ2v) is 4.55. The van der Waals surface area contributed by atoms with Gasteiger partial charge in [-0.1, -0.05) is 0 Å². The summed E-state index contributed by atoms with van der Waals surface area (Å²) in [6, 6.07) is 5.55. The number of aryl methyl sites for hydroxylation is 1. The Morgan fingerprint density at radius 1 is 1.67 bits per heavy atom. The third kappa shape index (κ3) is 2.59. The summed E-state index contributed by atoms with van der Waals surface area (Å²) in [5.41, 5.74) is 1.35. The zero-order valence-corrected chi connectivity index (χ0v) is 10.3. The highest BCUT2D eigenvalue weighted by molar-refractivity contribution is 5.68. The Balaban J connectivity index is 2.27. The van der Waals surface area contributed by atoms with E-state index >= 15 is 0 Å². The molecule has 0 saturated carbocycles. The first-order valence-electron chi connectivity index (χ1n) is 5.97. The van der Waals surface area contributed by atoms with Gasteiger partial charge < -0.3 is 10.0 Å². The largest absolute Gasteiger partial charge is 0.481 e. The number of anilines is 1. The van der Waals surface area contributed by atoms with Crippen molar-refractivity contribution in [2.24, 2.45) is 0 Å². The van der Waals surface area contributed by atoms with E-state index < -0.39 is 5.97 Å². The van der Waals surface area contributed by atoms with E-state index in [1.54, 1.807) is 12.1 Å². The average molecular weight is 245 g/mol. The van der Waals surface area contributed by atoms with Crippen LogP contribution in [-0.4, -0.2) is 28.6 Å². The van der Waals surface area contributed by atoms with Crippen LogP contribution >= 0.6 is 0 Å². The Labute approximate surface area is 106 Å². The molecule has 1 aromatic rings. The van der Waals surface area contributed by atoms with Crippen LogP contribution in [0.4, 0.5) is 5.82 Å². The molecule has 0 aliphatic carbocycles. The van der Waals surface area contributed by atoms with E-state index in [9.17, 15) is 4.79 Å². The van der Waals surface area contributed by atoms with Crippen LogP contribution < -0.4 is 4.90 Å². The molecule has 2 rings (SSSR count). The highest BCUT2D eigenvalue weighted by atomic mass is 16.4. The number of carboxylic acid groups (broad SMARTS) is 1. The number of carboxylic acids is 1. The van der Waals surface area contributed by atoms with Crippen molar-refractivity contribution in [3.63, 3.8) is 0 Å². The van der Waals surface area contributed by atoms with Gasteiger partial charge in [-0.25, -0.2) is 4.98 Å². The molecule has 1 saturated heterocycles. The average Bonchev–Trinajstić information content (AvgIpc) is 2.75. The molecule has 2 heterocycles. The van der Waals surface area contributed by atoms with Crippen molar-refractivity contribution in [3.05, 3.63) is 23.4 Å². The number of hydrogen-bond acceptors (Lipinski definition) is 4. The van der Waals surface area contributed by atoms with Gasteiger partial charge in [0.05, 0.1) is 18.1 Å². The Morgan fingerprint density at radius 2 is 2.44 bits per heavy atom. The minimum atomic E-state index is -0.792. The summed E-state index contributed by atoms with van der Waals surface area (Å²) in [7, 11) is 0. The maximum absolute atomic E-state index is 10.8. The molecule has 0 bridgehead atoms. The molecule has 1 unspecified atom stereocenters. The Hall–Kier alpha value is -2.09. The van der Waals surface area contributed by atoms with Gasteiger partial charge >= 0.3 is 5.97 Å². The molecule has 0 amide bonds. The third-order valence-electron chi connectivity index (χ3n) is 3.15. The molecular formula is C13H15N3O2. The van der Waals surface area contributed by atoms with E-state index in [0.29, 0.717) is 5.56 Å². The second kappa shape index (κ2) is 5.05. The van der Waals surface area contributed by atoms with Crippen molar-refractivity contribution in [1.29, 1.82) is 5.26 Å². The molecule has 94 valence electrons. The van der Waals surface area contributed by atoms with Crippen LogP contribution in [0.2, 0.25) is 0 Å². The van der Waals surface area contributed by atoms with Gasteiger partial charge in [-0.05, 0) is 31.9 Å². The van der Waals surface area contributed by atoms with E-state index in [1.165, 1.54) is 0 Å². The van der Waals surface area contributed by atoms with E-state index in [1.807, 2.05) is 11.8 Å². The molecule has 5 nitrogen and oxygen atoms in total. The van der Waals surface area contributed by atoms with Gasteiger partial charge in [0.25, 0.3) is 0 Å². The number of hydrogen-bond donors (Lipinski definition) is 1. The van der Waals surface area contributed by atoms with Crippen LogP contribution in [0.1, 0.15) is 30.5 Å². The smallest absolute Gasteiger partial charge is 0.305 e. The summed E-state index contributed by atoms with van der Waals surface area (Å²) in [5.74, 6) is -0.0737. The fraction of sp³-hybridized carbons (Fsp3) is 0.462. The highest BCUT2D eigenvalue weighted by Gasteiger charge is 2.27. The highest BCUT2D eigenvalue weighted by Crippen LogP contribution is 2.26. The van der Waals surface area contributed by atoms with Gasteiger partial charge in [-0.2, -0.15) is 5.26 Å².